The molecular weight excluding hydrogens is 463 g/mol. The van der Waals surface area contributed by atoms with Gasteiger partial charge in [-0.3, -0.25) is 4.99 Å². The highest BCUT2D eigenvalue weighted by molar-refractivity contribution is 5.98. The maximum atomic E-state index is 13.0. The Morgan fingerprint density at radius 1 is 1.20 bits per heavy atom. The molecule has 0 saturated carbocycles. The molecule has 0 aromatic carbocycles. The summed E-state index contributed by atoms with van der Waals surface area (Å²) < 4.78 is 44.7. The quantitative estimate of drug-likeness (QED) is 0.593. The first-order valence-corrected chi connectivity index (χ1v) is 11.8. The molecule has 0 bridgehead atoms. The van der Waals surface area contributed by atoms with Crippen LogP contribution in [-0.4, -0.2) is 84.6 Å². The number of amidine groups is 1. The Morgan fingerprint density at radius 2 is 2.00 bits per heavy atom. The van der Waals surface area contributed by atoms with Crippen molar-refractivity contribution in [1.29, 1.82) is 0 Å². The maximum absolute atomic E-state index is 13.0. The maximum Gasteiger partial charge on any atom is 0.416 e. The van der Waals surface area contributed by atoms with Crippen molar-refractivity contribution in [2.24, 2.45) is 4.99 Å². The van der Waals surface area contributed by atoms with Crippen molar-refractivity contribution >= 4 is 17.7 Å². The second-order valence-electron chi connectivity index (χ2n) is 8.93. The molecule has 4 heterocycles. The number of aliphatic hydroxyl groups is 1. The molecule has 1 aromatic heterocycles. The van der Waals surface area contributed by atoms with Crippen LogP contribution in [0.25, 0.3) is 0 Å². The molecule has 0 unspecified atom stereocenters. The second kappa shape index (κ2) is 10.7. The van der Waals surface area contributed by atoms with Gasteiger partial charge >= 0.3 is 12.3 Å². The summed E-state index contributed by atoms with van der Waals surface area (Å²) in [5, 5.41) is 11.9. The summed E-state index contributed by atoms with van der Waals surface area (Å²) in [6.07, 6.45) is 3.35. The number of aromatic nitrogens is 1. The van der Waals surface area contributed by atoms with Crippen LogP contribution in [0.1, 0.15) is 31.2 Å². The van der Waals surface area contributed by atoms with Gasteiger partial charge in [0.2, 0.25) is 0 Å². The van der Waals surface area contributed by atoms with E-state index in [0.717, 1.165) is 24.4 Å². The lowest BCUT2D eigenvalue weighted by atomic mass is 9.91. The molecule has 0 radical (unpaired) electrons. The molecule has 35 heavy (non-hydrogen) atoms. The number of hydrogen-bond acceptors (Lipinski definition) is 7. The molecular formula is C24H30F3N5O3. The molecule has 8 nitrogen and oxygen atoms in total. The SMILES string of the molecule is O=C1OC2(CCN(c3ccc(C4=NCC=CC(C(F)(F)F)=CCN4)cn3)CC2)CN1CCCCO. The largest absolute Gasteiger partial charge is 0.441 e. The van der Waals surface area contributed by atoms with Gasteiger partial charge in [-0.2, -0.15) is 13.2 Å². The number of allylic oxidation sites excluding steroid dienone is 2. The Balaban J connectivity index is 1.33. The van der Waals surface area contributed by atoms with Crippen LogP contribution in [0.15, 0.2) is 47.1 Å². The van der Waals surface area contributed by atoms with Crippen LogP contribution < -0.4 is 10.2 Å². The number of piperidine rings is 1. The Bertz CT molecular complexity index is 983. The molecule has 1 amide bonds. The van der Waals surface area contributed by atoms with E-state index in [1.165, 1.54) is 6.08 Å². The minimum Gasteiger partial charge on any atom is -0.441 e. The number of carbonyl (C=O) groups is 1. The van der Waals surface area contributed by atoms with E-state index in [1.807, 2.05) is 12.1 Å². The average Bonchev–Trinajstić information content (AvgIpc) is 3.20. The number of carbonyl (C=O) groups excluding carboxylic acids is 1. The van der Waals surface area contributed by atoms with E-state index in [9.17, 15) is 18.0 Å². The molecule has 2 N–H and O–H groups in total. The third-order valence-corrected chi connectivity index (χ3v) is 6.47. The summed E-state index contributed by atoms with van der Waals surface area (Å²) in [6, 6.07) is 3.73. The number of alkyl halides is 3. The number of nitrogens with one attached hydrogen (secondary N) is 1. The molecule has 190 valence electrons. The third-order valence-electron chi connectivity index (χ3n) is 6.47. The lowest BCUT2D eigenvalue weighted by Crippen LogP contribution is -2.47. The molecule has 3 aliphatic heterocycles. The Hall–Kier alpha value is -3.08. The normalized spacial score (nSPS) is 20.5. The van der Waals surface area contributed by atoms with E-state index in [2.05, 4.69) is 20.2 Å². The number of anilines is 1. The number of nitrogens with zero attached hydrogens (tertiary/aromatic N) is 4. The van der Waals surface area contributed by atoms with Crippen molar-refractivity contribution in [3.05, 3.63) is 47.7 Å². The summed E-state index contributed by atoms with van der Waals surface area (Å²) in [6.45, 7) is 2.80. The third kappa shape index (κ3) is 6.14. The molecule has 3 aliphatic rings. The predicted octanol–water partition coefficient (Wildman–Crippen LogP) is 3.04. The molecule has 4 rings (SSSR count). The highest BCUT2D eigenvalue weighted by Crippen LogP contribution is 2.34. The highest BCUT2D eigenvalue weighted by atomic mass is 19.4. The summed E-state index contributed by atoms with van der Waals surface area (Å²) in [5.74, 6) is 1.28. The number of pyridine rings is 1. The van der Waals surface area contributed by atoms with E-state index in [0.29, 0.717) is 56.8 Å². The van der Waals surface area contributed by atoms with Crippen LogP contribution in [0.2, 0.25) is 0 Å². The lowest BCUT2D eigenvalue weighted by molar-refractivity contribution is -0.0883. The van der Waals surface area contributed by atoms with Gasteiger partial charge in [-0.1, -0.05) is 18.2 Å². The van der Waals surface area contributed by atoms with Crippen molar-refractivity contribution in [3.63, 3.8) is 0 Å². The first-order valence-electron chi connectivity index (χ1n) is 11.8. The molecule has 0 aliphatic carbocycles. The first kappa shape index (κ1) is 25.0. The van der Waals surface area contributed by atoms with E-state index in [-0.39, 0.29) is 25.8 Å². The number of hydrogen-bond donors (Lipinski definition) is 2. The van der Waals surface area contributed by atoms with Gasteiger partial charge in [0, 0.05) is 57.4 Å². The van der Waals surface area contributed by atoms with E-state index >= 15 is 0 Å². The van der Waals surface area contributed by atoms with E-state index in [1.54, 1.807) is 11.1 Å². The van der Waals surface area contributed by atoms with Crippen molar-refractivity contribution in [3.8, 4) is 0 Å². The van der Waals surface area contributed by atoms with Crippen molar-refractivity contribution < 1.29 is 27.8 Å². The zero-order valence-electron chi connectivity index (χ0n) is 19.4. The highest BCUT2D eigenvalue weighted by Gasteiger charge is 2.46. The van der Waals surface area contributed by atoms with Crippen LogP contribution in [0.4, 0.5) is 23.8 Å². The van der Waals surface area contributed by atoms with Gasteiger partial charge in [0.05, 0.1) is 18.7 Å². The Labute approximate surface area is 202 Å². The molecule has 2 fully saturated rings. The summed E-state index contributed by atoms with van der Waals surface area (Å²) >= 11 is 0. The van der Waals surface area contributed by atoms with Gasteiger partial charge in [0.1, 0.15) is 17.3 Å². The summed E-state index contributed by atoms with van der Waals surface area (Å²) in [4.78, 5) is 25.0. The Kier molecular flexibility index (Phi) is 7.63. The number of rotatable bonds is 6. The van der Waals surface area contributed by atoms with E-state index < -0.39 is 17.4 Å². The number of aliphatic hydroxyl groups excluding tert-OH is 1. The van der Waals surface area contributed by atoms with Gasteiger partial charge in [0.25, 0.3) is 0 Å². The topological polar surface area (TPSA) is 90.3 Å². The smallest absolute Gasteiger partial charge is 0.416 e. The van der Waals surface area contributed by atoms with Crippen molar-refractivity contribution in [1.82, 2.24) is 15.2 Å². The fourth-order valence-corrected chi connectivity index (χ4v) is 4.50. The van der Waals surface area contributed by atoms with Gasteiger partial charge in [-0.25, -0.2) is 9.78 Å². The van der Waals surface area contributed by atoms with Crippen molar-refractivity contribution in [2.45, 2.75) is 37.5 Å². The molecule has 2 saturated heterocycles. The molecule has 0 atom stereocenters. The van der Waals surface area contributed by atoms with Gasteiger partial charge in [0.15, 0.2) is 0 Å². The van der Waals surface area contributed by atoms with Crippen LogP contribution in [0, 0.1) is 0 Å². The molecule has 11 heteroatoms. The van der Waals surface area contributed by atoms with Gasteiger partial charge in [-0.05, 0) is 25.0 Å². The Morgan fingerprint density at radius 3 is 2.69 bits per heavy atom. The van der Waals surface area contributed by atoms with E-state index in [4.69, 9.17) is 9.84 Å². The molecule has 1 aromatic rings. The van der Waals surface area contributed by atoms with Crippen molar-refractivity contribution in [2.75, 3.05) is 50.8 Å². The minimum absolute atomic E-state index is 0.00368. The number of aliphatic imine (C=N–C) groups is 1. The zero-order chi connectivity index (χ0) is 24.9. The fraction of sp³-hybridized carbons (Fsp3) is 0.542. The minimum atomic E-state index is -4.39. The van der Waals surface area contributed by atoms with Crippen LogP contribution in [0.5, 0.6) is 0 Å². The van der Waals surface area contributed by atoms with Crippen LogP contribution in [-0.2, 0) is 4.74 Å². The monoisotopic (exact) mass is 493 g/mol. The number of halogens is 3. The first-order chi connectivity index (χ1) is 16.8. The van der Waals surface area contributed by atoms with Gasteiger partial charge < -0.3 is 25.0 Å². The average molecular weight is 494 g/mol. The second-order valence-corrected chi connectivity index (χ2v) is 8.93. The number of ether oxygens (including phenoxy) is 1. The number of unbranched alkanes of at least 4 members (excludes halogenated alkanes) is 1. The standard InChI is InChI=1S/C24H30F3N5O3/c25-24(26,27)19-4-3-10-28-21(29-11-7-19)18-5-6-20(30-16-18)31-13-8-23(9-14-31)17-32(22(34)35-23)12-1-2-15-33/h3-7,16,33H,1-2,8-15,17H2,(H,28,29). The number of amides is 1. The predicted molar refractivity (Wildman–Crippen MR) is 125 cm³/mol. The zero-order valence-corrected chi connectivity index (χ0v) is 19.4. The lowest BCUT2D eigenvalue weighted by Gasteiger charge is -2.38. The van der Waals surface area contributed by atoms with Crippen LogP contribution >= 0.6 is 0 Å². The summed E-state index contributed by atoms with van der Waals surface area (Å²) in [7, 11) is 0. The van der Waals surface area contributed by atoms with Gasteiger partial charge in [-0.15, -0.1) is 0 Å². The summed E-state index contributed by atoms with van der Waals surface area (Å²) in [5.41, 5.74) is -0.472. The van der Waals surface area contributed by atoms with Crippen LogP contribution in [0.3, 0.4) is 0 Å². The molecule has 1 spiro atoms. The fourth-order valence-electron chi connectivity index (χ4n) is 4.50.